The van der Waals surface area contributed by atoms with Crippen LogP contribution >= 0.6 is 22.9 Å². The van der Waals surface area contributed by atoms with Crippen molar-refractivity contribution in [3.05, 3.63) is 102 Å². The average Bonchev–Trinajstić information content (AvgIpc) is 3.45. The Balaban J connectivity index is 0.991. The first-order valence-corrected chi connectivity index (χ1v) is 20.1. The number of rotatable bonds is 12. The summed E-state index contributed by atoms with van der Waals surface area (Å²) in [5.74, 6) is 0.496. The molecule has 1 aliphatic heterocycles. The van der Waals surface area contributed by atoms with E-state index in [2.05, 4.69) is 20.8 Å². The number of hydrogen-bond acceptors (Lipinski definition) is 8. The highest BCUT2D eigenvalue weighted by Gasteiger charge is 2.57. The summed E-state index contributed by atoms with van der Waals surface area (Å²) in [5.41, 5.74) is 1.30. The van der Waals surface area contributed by atoms with Gasteiger partial charge in [0, 0.05) is 48.6 Å². The smallest absolute Gasteiger partial charge is 0.252 e. The number of nitrogens with one attached hydrogen (secondary N) is 1. The van der Waals surface area contributed by atoms with Crippen molar-refractivity contribution in [1.82, 2.24) is 19.1 Å². The van der Waals surface area contributed by atoms with Crippen LogP contribution in [0.5, 0.6) is 0 Å². The lowest BCUT2D eigenvalue weighted by atomic mass is 9.92. The minimum absolute atomic E-state index is 0.243. The normalized spacial score (nSPS) is 20.9. The van der Waals surface area contributed by atoms with Crippen molar-refractivity contribution in [1.29, 1.82) is 0 Å². The topological polar surface area (TPSA) is 113 Å². The monoisotopic (exact) mass is 724 g/mol. The molecule has 48 heavy (non-hydrogen) atoms. The van der Waals surface area contributed by atoms with E-state index in [4.69, 9.17) is 16.1 Å². The van der Waals surface area contributed by atoms with E-state index in [0.29, 0.717) is 28.7 Å². The Hall–Kier alpha value is -3.10. The van der Waals surface area contributed by atoms with Gasteiger partial charge in [-0.2, -0.15) is 4.31 Å². The van der Waals surface area contributed by atoms with Crippen LogP contribution in [-0.2, 0) is 25.5 Å². The molecule has 2 aromatic heterocycles. The standard InChI is InChI=1S/C35H37ClN4O5S3/c1-39(48(43,44)34-13-12-32(46-34)31-16-19-45-38-31)24-35(27-8-5-9-29(36)20-27)21-28(35)23-40-17-14-25(15-18-40)22-37-47(41,42)33-11-4-7-26-6-2-3-10-30(26)33/h2-13,16,19-20,25,28,37H,14-15,17-18,21-24H2,1H3/t28-,35+/m0/s1. The second-order valence-electron chi connectivity index (χ2n) is 12.9. The summed E-state index contributed by atoms with van der Waals surface area (Å²) in [6.07, 6.45) is 4.09. The van der Waals surface area contributed by atoms with Crippen molar-refractivity contribution in [2.24, 2.45) is 11.8 Å². The SMILES string of the molecule is CN(C[C@@]1(c2cccc(Cl)c2)C[C@H]1CN1CCC(CNS(=O)(=O)c2cccc3ccccc23)CC1)S(=O)(=O)c1ccc(-c2ccon2)s1. The zero-order chi connectivity index (χ0) is 33.5. The van der Waals surface area contributed by atoms with Crippen molar-refractivity contribution in [2.75, 3.05) is 39.8 Å². The van der Waals surface area contributed by atoms with Crippen molar-refractivity contribution in [2.45, 2.75) is 33.8 Å². The zero-order valence-corrected chi connectivity index (χ0v) is 29.7. The first kappa shape index (κ1) is 33.4. The Morgan fingerprint density at radius 1 is 1.00 bits per heavy atom. The fourth-order valence-corrected chi connectivity index (χ4v) is 11.3. The largest absolute Gasteiger partial charge is 0.364 e. The highest BCUT2D eigenvalue weighted by atomic mass is 35.5. The van der Waals surface area contributed by atoms with Gasteiger partial charge in [0.1, 0.15) is 16.2 Å². The first-order chi connectivity index (χ1) is 23.0. The summed E-state index contributed by atoms with van der Waals surface area (Å²) in [6.45, 7) is 3.29. The molecule has 3 aromatic carbocycles. The second-order valence-corrected chi connectivity index (χ2v) is 18.4. The number of aromatic nitrogens is 1. The van der Waals surface area contributed by atoms with E-state index in [1.54, 1.807) is 37.4 Å². The second kappa shape index (κ2) is 13.3. The predicted molar refractivity (Wildman–Crippen MR) is 189 cm³/mol. The Bertz CT molecular complexity index is 2120. The first-order valence-electron chi connectivity index (χ1n) is 16.0. The third kappa shape index (κ3) is 6.72. The molecule has 7 rings (SSSR count). The van der Waals surface area contributed by atoms with Crippen LogP contribution in [0, 0.1) is 11.8 Å². The van der Waals surface area contributed by atoms with Crippen LogP contribution in [0.15, 0.2) is 105 Å². The number of likely N-dealkylation sites (tertiary alicyclic amines) is 1. The molecule has 2 fully saturated rings. The van der Waals surface area contributed by atoms with Gasteiger partial charge >= 0.3 is 0 Å². The Morgan fingerprint density at radius 3 is 2.54 bits per heavy atom. The summed E-state index contributed by atoms with van der Waals surface area (Å²) in [7, 11) is -5.74. The van der Waals surface area contributed by atoms with E-state index in [0.717, 1.165) is 60.1 Å². The van der Waals surface area contributed by atoms with Gasteiger partial charge in [0.15, 0.2) is 0 Å². The molecule has 0 amide bonds. The lowest BCUT2D eigenvalue weighted by molar-refractivity contribution is 0.174. The van der Waals surface area contributed by atoms with Gasteiger partial charge in [-0.15, -0.1) is 11.3 Å². The minimum atomic E-state index is -3.74. The summed E-state index contributed by atoms with van der Waals surface area (Å²) < 4.78 is 63.6. The van der Waals surface area contributed by atoms with Gasteiger partial charge in [-0.05, 0) is 85.5 Å². The molecule has 0 radical (unpaired) electrons. The van der Waals surface area contributed by atoms with Gasteiger partial charge in [0.05, 0.1) is 9.77 Å². The number of nitrogens with zero attached hydrogens (tertiary/aromatic N) is 3. The van der Waals surface area contributed by atoms with Gasteiger partial charge in [-0.1, -0.05) is 65.3 Å². The molecule has 0 unspecified atom stereocenters. The van der Waals surface area contributed by atoms with E-state index >= 15 is 0 Å². The van der Waals surface area contributed by atoms with Gasteiger partial charge in [0.2, 0.25) is 10.0 Å². The summed E-state index contributed by atoms with van der Waals surface area (Å²) in [5, 5.41) is 6.19. The number of sulfonamides is 2. The minimum Gasteiger partial charge on any atom is -0.364 e. The summed E-state index contributed by atoms with van der Waals surface area (Å²) in [6, 6.07) is 25.8. The fourth-order valence-electron chi connectivity index (χ4n) is 7.05. The number of benzene rings is 3. The molecule has 1 aliphatic carbocycles. The van der Waals surface area contributed by atoms with E-state index in [1.807, 2.05) is 48.5 Å². The maximum Gasteiger partial charge on any atom is 0.252 e. The zero-order valence-electron chi connectivity index (χ0n) is 26.5. The Morgan fingerprint density at radius 2 is 1.77 bits per heavy atom. The van der Waals surface area contributed by atoms with Crippen LogP contribution in [0.1, 0.15) is 24.8 Å². The molecular weight excluding hydrogens is 688 g/mol. The lowest BCUT2D eigenvalue weighted by Crippen LogP contribution is -2.41. The van der Waals surface area contributed by atoms with Crippen LogP contribution in [0.4, 0.5) is 0 Å². The van der Waals surface area contributed by atoms with Gasteiger partial charge in [-0.3, -0.25) is 0 Å². The summed E-state index contributed by atoms with van der Waals surface area (Å²) in [4.78, 5) is 3.48. The molecule has 9 nitrogen and oxygen atoms in total. The lowest BCUT2D eigenvalue weighted by Gasteiger charge is -2.33. The molecule has 1 N–H and O–H groups in total. The maximum absolute atomic E-state index is 13.7. The van der Waals surface area contributed by atoms with Gasteiger partial charge in [0.25, 0.3) is 10.0 Å². The van der Waals surface area contributed by atoms with E-state index in [-0.39, 0.29) is 21.5 Å². The van der Waals surface area contributed by atoms with Crippen LogP contribution in [0.3, 0.4) is 0 Å². The number of fused-ring (bicyclic) bond motifs is 1. The number of halogens is 1. The Kier molecular flexibility index (Phi) is 9.26. The molecule has 3 heterocycles. The van der Waals surface area contributed by atoms with Crippen LogP contribution in [-0.4, -0.2) is 71.0 Å². The van der Waals surface area contributed by atoms with Crippen molar-refractivity contribution in [3.8, 4) is 10.6 Å². The average molecular weight is 725 g/mol. The number of likely N-dealkylation sites (N-methyl/N-ethyl adjacent to an activating group) is 1. The van der Waals surface area contributed by atoms with E-state index in [9.17, 15) is 16.8 Å². The molecule has 1 saturated carbocycles. The van der Waals surface area contributed by atoms with Gasteiger partial charge in [-0.25, -0.2) is 21.6 Å². The molecule has 5 aromatic rings. The Labute approximate surface area is 290 Å². The molecule has 0 spiro atoms. The third-order valence-electron chi connectivity index (χ3n) is 9.86. The molecule has 13 heteroatoms. The van der Waals surface area contributed by atoms with Crippen molar-refractivity contribution >= 4 is 53.8 Å². The molecule has 2 atom stereocenters. The van der Waals surface area contributed by atoms with Crippen LogP contribution < -0.4 is 4.72 Å². The predicted octanol–water partition coefficient (Wildman–Crippen LogP) is 6.48. The van der Waals surface area contributed by atoms with E-state index in [1.165, 1.54) is 21.9 Å². The summed E-state index contributed by atoms with van der Waals surface area (Å²) >= 11 is 7.61. The number of thiophene rings is 1. The quantitative estimate of drug-likeness (QED) is 0.157. The van der Waals surface area contributed by atoms with Crippen LogP contribution in [0.25, 0.3) is 21.3 Å². The van der Waals surface area contributed by atoms with Crippen LogP contribution in [0.2, 0.25) is 5.02 Å². The molecular formula is C35H37ClN4O5S3. The molecule has 1 saturated heterocycles. The number of hydrogen-bond donors (Lipinski definition) is 1. The molecule has 0 bridgehead atoms. The van der Waals surface area contributed by atoms with Crippen molar-refractivity contribution < 1.29 is 21.4 Å². The van der Waals surface area contributed by atoms with Crippen molar-refractivity contribution in [3.63, 3.8) is 0 Å². The van der Waals surface area contributed by atoms with E-state index < -0.39 is 20.0 Å². The highest BCUT2D eigenvalue weighted by molar-refractivity contribution is 7.91. The highest BCUT2D eigenvalue weighted by Crippen LogP contribution is 2.56. The number of piperidine rings is 1. The van der Waals surface area contributed by atoms with Gasteiger partial charge < -0.3 is 9.42 Å². The fraction of sp³-hybridized carbons (Fsp3) is 0.343. The molecule has 252 valence electrons. The molecule has 2 aliphatic rings. The third-order valence-corrected chi connectivity index (χ3v) is 15.0. The maximum atomic E-state index is 13.7.